The summed E-state index contributed by atoms with van der Waals surface area (Å²) in [5, 5.41) is 10.3. The summed E-state index contributed by atoms with van der Waals surface area (Å²) in [5.74, 6) is 0. The molecule has 0 bridgehead atoms. The van der Waals surface area contributed by atoms with Gasteiger partial charge in [0.2, 0.25) is 10.0 Å². The van der Waals surface area contributed by atoms with E-state index in [4.69, 9.17) is 10.9 Å². The van der Waals surface area contributed by atoms with E-state index >= 15 is 0 Å². The average Bonchev–Trinajstić information content (AvgIpc) is 2.84. The fourth-order valence-electron chi connectivity index (χ4n) is 1.69. The molecule has 1 atom stereocenters. The molecule has 1 heterocycles. The molecule has 0 saturated carbocycles. The summed E-state index contributed by atoms with van der Waals surface area (Å²) in [7, 11) is -3.72. The molecule has 0 saturated heterocycles. The summed E-state index contributed by atoms with van der Waals surface area (Å²) in [5.41, 5.74) is 6.89. The fourth-order valence-corrected chi connectivity index (χ4v) is 2.97. The van der Waals surface area contributed by atoms with Crippen LogP contribution in [0.4, 0.5) is 11.4 Å². The van der Waals surface area contributed by atoms with Crippen molar-refractivity contribution in [3.63, 3.8) is 0 Å². The molecule has 102 valence electrons. The first-order valence-electron chi connectivity index (χ1n) is 5.60. The number of thiophene rings is 1. The van der Waals surface area contributed by atoms with Crippen molar-refractivity contribution in [3.8, 4) is 0 Å². The van der Waals surface area contributed by atoms with Gasteiger partial charge in [0.05, 0.1) is 22.3 Å². The van der Waals surface area contributed by atoms with Gasteiger partial charge in [-0.15, -0.1) is 11.3 Å². The number of nitrogens with two attached hydrogens (primary N) is 2. The van der Waals surface area contributed by atoms with Crippen LogP contribution in [0.5, 0.6) is 0 Å². The normalized spacial score (nSPS) is 13.2. The minimum Gasteiger partial charge on any atom is -0.397 e. The predicted molar refractivity (Wildman–Crippen MR) is 78.6 cm³/mol. The maximum Gasteiger partial charge on any atom is 0.238 e. The molecule has 1 aromatic carbocycles. The number of anilines is 2. The van der Waals surface area contributed by atoms with Crippen molar-refractivity contribution in [2.45, 2.75) is 17.9 Å². The first-order valence-corrected chi connectivity index (χ1v) is 8.03. The highest BCUT2D eigenvalue weighted by Crippen LogP contribution is 2.28. The second-order valence-electron chi connectivity index (χ2n) is 4.18. The monoisotopic (exact) mass is 297 g/mol. The molecule has 0 radical (unpaired) electrons. The van der Waals surface area contributed by atoms with Crippen LogP contribution in [0.1, 0.15) is 17.8 Å². The summed E-state index contributed by atoms with van der Waals surface area (Å²) in [6, 6.07) is 8.53. The van der Waals surface area contributed by atoms with Gasteiger partial charge in [-0.05, 0) is 36.6 Å². The van der Waals surface area contributed by atoms with Crippen LogP contribution in [0.3, 0.4) is 0 Å². The zero-order valence-electron chi connectivity index (χ0n) is 10.3. The first kappa shape index (κ1) is 13.9. The van der Waals surface area contributed by atoms with Crippen molar-refractivity contribution in [2.24, 2.45) is 5.14 Å². The van der Waals surface area contributed by atoms with E-state index in [1.54, 1.807) is 17.4 Å². The molecule has 2 rings (SSSR count). The Morgan fingerprint density at radius 2 is 2.05 bits per heavy atom. The van der Waals surface area contributed by atoms with Gasteiger partial charge in [0.15, 0.2) is 0 Å². The summed E-state index contributed by atoms with van der Waals surface area (Å²) in [6.07, 6.45) is 0. The van der Waals surface area contributed by atoms with E-state index in [0.717, 1.165) is 0 Å². The van der Waals surface area contributed by atoms with E-state index in [2.05, 4.69) is 5.32 Å². The van der Waals surface area contributed by atoms with Crippen molar-refractivity contribution in [1.29, 1.82) is 0 Å². The van der Waals surface area contributed by atoms with Crippen LogP contribution < -0.4 is 16.2 Å². The molecular weight excluding hydrogens is 282 g/mol. The largest absolute Gasteiger partial charge is 0.397 e. The van der Waals surface area contributed by atoms with Crippen LogP contribution in [0.25, 0.3) is 0 Å². The minimum absolute atomic E-state index is 0.0133. The summed E-state index contributed by atoms with van der Waals surface area (Å²) in [4.78, 5) is 1.19. The SMILES string of the molecule is CC(Nc1ccc(S(N)(=O)=O)cc1N)c1cccs1. The standard InChI is InChI=1S/C12H15N3O2S2/c1-8(12-3-2-6-18-12)15-11-5-4-9(7-10(11)13)19(14,16)17/h2-8,15H,13H2,1H3,(H2,14,16,17). The lowest BCUT2D eigenvalue weighted by Crippen LogP contribution is -2.13. The lowest BCUT2D eigenvalue weighted by molar-refractivity contribution is 0.598. The van der Waals surface area contributed by atoms with E-state index < -0.39 is 10.0 Å². The molecule has 0 spiro atoms. The Kier molecular flexibility index (Phi) is 3.79. The average molecular weight is 297 g/mol. The number of nitrogen functional groups attached to an aromatic ring is 1. The Morgan fingerprint density at radius 1 is 1.32 bits per heavy atom. The topological polar surface area (TPSA) is 98.2 Å². The summed E-state index contributed by atoms with van der Waals surface area (Å²) in [6.45, 7) is 2.01. The highest BCUT2D eigenvalue weighted by atomic mass is 32.2. The third-order valence-electron chi connectivity index (χ3n) is 2.69. The van der Waals surface area contributed by atoms with Gasteiger partial charge < -0.3 is 11.1 Å². The second kappa shape index (κ2) is 5.20. The van der Waals surface area contributed by atoms with Crippen molar-refractivity contribution in [3.05, 3.63) is 40.6 Å². The Hall–Kier alpha value is -1.57. The van der Waals surface area contributed by atoms with Crippen LogP contribution in [-0.4, -0.2) is 8.42 Å². The van der Waals surface area contributed by atoms with Gasteiger partial charge in [0, 0.05) is 4.88 Å². The molecular formula is C12H15N3O2S2. The molecule has 0 amide bonds. The van der Waals surface area contributed by atoms with Crippen LogP contribution in [0.2, 0.25) is 0 Å². The molecule has 2 aromatic rings. The van der Waals surface area contributed by atoms with Gasteiger partial charge in [-0.25, -0.2) is 13.6 Å². The van der Waals surface area contributed by atoms with Gasteiger partial charge >= 0.3 is 0 Å². The maximum absolute atomic E-state index is 11.2. The number of sulfonamides is 1. The van der Waals surface area contributed by atoms with Crippen LogP contribution >= 0.6 is 11.3 Å². The Balaban J connectivity index is 2.23. The lowest BCUT2D eigenvalue weighted by atomic mass is 10.2. The quantitative estimate of drug-likeness (QED) is 0.753. The van der Waals surface area contributed by atoms with E-state index in [-0.39, 0.29) is 10.9 Å². The molecule has 5 N–H and O–H groups in total. The highest BCUT2D eigenvalue weighted by Gasteiger charge is 2.12. The highest BCUT2D eigenvalue weighted by molar-refractivity contribution is 7.89. The summed E-state index contributed by atoms with van der Waals surface area (Å²) < 4.78 is 22.4. The van der Waals surface area contributed by atoms with E-state index in [9.17, 15) is 8.42 Å². The van der Waals surface area contributed by atoms with E-state index in [1.165, 1.54) is 17.0 Å². The molecule has 1 unspecified atom stereocenters. The smallest absolute Gasteiger partial charge is 0.238 e. The number of hydrogen-bond donors (Lipinski definition) is 3. The Labute approximate surface area is 116 Å². The second-order valence-corrected chi connectivity index (χ2v) is 6.72. The van der Waals surface area contributed by atoms with Crippen molar-refractivity contribution >= 4 is 32.7 Å². The number of primary sulfonamides is 1. The molecule has 0 fully saturated rings. The zero-order chi connectivity index (χ0) is 14.0. The molecule has 0 aliphatic rings. The first-order chi connectivity index (χ1) is 8.88. The molecule has 1 aromatic heterocycles. The van der Waals surface area contributed by atoms with E-state index in [0.29, 0.717) is 11.4 Å². The Bertz CT molecular complexity index is 666. The van der Waals surface area contributed by atoms with Gasteiger partial charge in [0.25, 0.3) is 0 Å². The molecule has 5 nitrogen and oxygen atoms in total. The van der Waals surface area contributed by atoms with Crippen molar-refractivity contribution in [1.82, 2.24) is 0 Å². The van der Waals surface area contributed by atoms with E-state index in [1.807, 2.05) is 24.4 Å². The predicted octanol–water partition coefficient (Wildman–Crippen LogP) is 2.15. The minimum atomic E-state index is -3.72. The van der Waals surface area contributed by atoms with Crippen LogP contribution in [0, 0.1) is 0 Å². The third-order valence-corrected chi connectivity index (χ3v) is 4.66. The zero-order valence-corrected chi connectivity index (χ0v) is 12.0. The number of hydrogen-bond acceptors (Lipinski definition) is 5. The van der Waals surface area contributed by atoms with Crippen LogP contribution in [-0.2, 0) is 10.0 Å². The Morgan fingerprint density at radius 3 is 2.58 bits per heavy atom. The lowest BCUT2D eigenvalue weighted by Gasteiger charge is -2.16. The van der Waals surface area contributed by atoms with Gasteiger partial charge in [-0.2, -0.15) is 0 Å². The molecule has 19 heavy (non-hydrogen) atoms. The van der Waals surface area contributed by atoms with Crippen molar-refractivity contribution < 1.29 is 8.42 Å². The fraction of sp³-hybridized carbons (Fsp3) is 0.167. The number of nitrogens with one attached hydrogen (secondary N) is 1. The molecule has 7 heteroatoms. The van der Waals surface area contributed by atoms with Crippen molar-refractivity contribution in [2.75, 3.05) is 11.1 Å². The van der Waals surface area contributed by atoms with Crippen LogP contribution in [0.15, 0.2) is 40.6 Å². The third kappa shape index (κ3) is 3.25. The number of benzene rings is 1. The maximum atomic E-state index is 11.2. The van der Waals surface area contributed by atoms with Gasteiger partial charge in [-0.1, -0.05) is 6.07 Å². The molecule has 0 aliphatic heterocycles. The van der Waals surface area contributed by atoms with Gasteiger partial charge in [0.1, 0.15) is 0 Å². The number of rotatable bonds is 4. The van der Waals surface area contributed by atoms with Gasteiger partial charge in [-0.3, -0.25) is 0 Å². The summed E-state index contributed by atoms with van der Waals surface area (Å²) >= 11 is 1.64. The molecule has 0 aliphatic carbocycles.